The molecule has 0 unspecified atom stereocenters. The van der Waals surface area contributed by atoms with E-state index in [1.54, 1.807) is 6.07 Å². The first kappa shape index (κ1) is 12.6. The van der Waals surface area contributed by atoms with Crippen LogP contribution >= 0.6 is 0 Å². The van der Waals surface area contributed by atoms with Crippen LogP contribution in [-0.4, -0.2) is 24.8 Å². The number of anilines is 2. The zero-order valence-electron chi connectivity index (χ0n) is 9.61. The molecule has 5 nitrogen and oxygen atoms in total. The minimum Gasteiger partial charge on any atom is -0.474 e. The summed E-state index contributed by atoms with van der Waals surface area (Å²) in [7, 11) is 0. The molecule has 0 atom stereocenters. The summed E-state index contributed by atoms with van der Waals surface area (Å²) in [5.41, 5.74) is 12.2. The molecule has 0 aliphatic rings. The number of aromatic nitrogens is 1. The fourth-order valence-corrected chi connectivity index (χ4v) is 1.15. The summed E-state index contributed by atoms with van der Waals surface area (Å²) in [6.45, 7) is 3.89. The highest BCUT2D eigenvalue weighted by Gasteiger charge is 2.01. The van der Waals surface area contributed by atoms with Crippen LogP contribution in [-0.2, 0) is 4.74 Å². The standard InChI is InChI=1S/C11H19N3O2/c1-2-3-4-15-5-6-16-11-10(13)7-9(12)8-14-11/h7-8H,2-6,12-13H2,1H3. The summed E-state index contributed by atoms with van der Waals surface area (Å²) in [4.78, 5) is 3.98. The number of unbranched alkanes of at least 4 members (excludes halogenated alkanes) is 1. The largest absolute Gasteiger partial charge is 0.474 e. The zero-order chi connectivity index (χ0) is 11.8. The normalized spacial score (nSPS) is 10.3. The molecule has 16 heavy (non-hydrogen) atoms. The van der Waals surface area contributed by atoms with E-state index in [0.29, 0.717) is 30.5 Å². The van der Waals surface area contributed by atoms with Crippen molar-refractivity contribution in [1.82, 2.24) is 4.98 Å². The summed E-state index contributed by atoms with van der Waals surface area (Å²) < 4.78 is 10.7. The quantitative estimate of drug-likeness (QED) is 0.686. The molecule has 0 saturated carbocycles. The highest BCUT2D eigenvalue weighted by molar-refractivity contribution is 5.55. The van der Waals surface area contributed by atoms with Crippen LogP contribution in [0.5, 0.6) is 5.88 Å². The van der Waals surface area contributed by atoms with E-state index in [9.17, 15) is 0 Å². The minimum atomic E-state index is 0.410. The third-order valence-corrected chi connectivity index (χ3v) is 2.01. The van der Waals surface area contributed by atoms with Crippen LogP contribution in [0.15, 0.2) is 12.3 Å². The lowest BCUT2D eigenvalue weighted by atomic mass is 10.4. The second-order valence-electron chi connectivity index (χ2n) is 3.48. The van der Waals surface area contributed by atoms with Crippen LogP contribution in [0.3, 0.4) is 0 Å². The van der Waals surface area contributed by atoms with Gasteiger partial charge in [-0.3, -0.25) is 0 Å². The van der Waals surface area contributed by atoms with E-state index in [0.717, 1.165) is 19.4 Å². The Kier molecular flexibility index (Phi) is 5.42. The van der Waals surface area contributed by atoms with Crippen LogP contribution in [0.2, 0.25) is 0 Å². The highest BCUT2D eigenvalue weighted by Crippen LogP contribution is 2.19. The van der Waals surface area contributed by atoms with E-state index < -0.39 is 0 Å². The van der Waals surface area contributed by atoms with Crippen molar-refractivity contribution in [2.24, 2.45) is 0 Å². The van der Waals surface area contributed by atoms with Gasteiger partial charge in [0, 0.05) is 6.61 Å². The number of pyridine rings is 1. The topological polar surface area (TPSA) is 83.4 Å². The first-order chi connectivity index (χ1) is 7.74. The van der Waals surface area contributed by atoms with E-state index in [1.165, 1.54) is 6.20 Å². The van der Waals surface area contributed by atoms with Crippen LogP contribution in [0, 0.1) is 0 Å². The van der Waals surface area contributed by atoms with Crippen molar-refractivity contribution < 1.29 is 9.47 Å². The number of nitrogen functional groups attached to an aromatic ring is 2. The van der Waals surface area contributed by atoms with Gasteiger partial charge in [0.15, 0.2) is 0 Å². The summed E-state index contributed by atoms with van der Waals surface area (Å²) in [6, 6.07) is 1.63. The van der Waals surface area contributed by atoms with Gasteiger partial charge < -0.3 is 20.9 Å². The highest BCUT2D eigenvalue weighted by atomic mass is 16.5. The predicted octanol–water partition coefficient (Wildman–Crippen LogP) is 1.44. The Bertz CT molecular complexity index is 318. The molecule has 1 rings (SSSR count). The van der Waals surface area contributed by atoms with Gasteiger partial charge in [0.2, 0.25) is 5.88 Å². The molecule has 90 valence electrons. The van der Waals surface area contributed by atoms with Crippen molar-refractivity contribution in [2.75, 3.05) is 31.3 Å². The van der Waals surface area contributed by atoms with Crippen molar-refractivity contribution in [3.63, 3.8) is 0 Å². The van der Waals surface area contributed by atoms with E-state index in [4.69, 9.17) is 20.9 Å². The third kappa shape index (κ3) is 4.35. The molecule has 1 aromatic heterocycles. The van der Waals surface area contributed by atoms with Gasteiger partial charge in [-0.25, -0.2) is 4.98 Å². The van der Waals surface area contributed by atoms with E-state index >= 15 is 0 Å². The van der Waals surface area contributed by atoms with Gasteiger partial charge in [-0.15, -0.1) is 0 Å². The van der Waals surface area contributed by atoms with Crippen LogP contribution in [0.4, 0.5) is 11.4 Å². The van der Waals surface area contributed by atoms with Gasteiger partial charge in [-0.2, -0.15) is 0 Å². The summed E-state index contributed by atoms with van der Waals surface area (Å²) in [5.74, 6) is 0.410. The maximum atomic E-state index is 5.68. The maximum absolute atomic E-state index is 5.68. The van der Waals surface area contributed by atoms with Crippen LogP contribution in [0.25, 0.3) is 0 Å². The number of hydrogen-bond acceptors (Lipinski definition) is 5. The van der Waals surface area contributed by atoms with E-state index in [1.807, 2.05) is 0 Å². The third-order valence-electron chi connectivity index (χ3n) is 2.01. The molecule has 0 aromatic carbocycles. The maximum Gasteiger partial charge on any atom is 0.237 e. The molecule has 0 saturated heterocycles. The van der Waals surface area contributed by atoms with Crippen molar-refractivity contribution in [3.8, 4) is 5.88 Å². The fraction of sp³-hybridized carbons (Fsp3) is 0.545. The fourth-order valence-electron chi connectivity index (χ4n) is 1.15. The smallest absolute Gasteiger partial charge is 0.237 e. The van der Waals surface area contributed by atoms with Gasteiger partial charge in [0.25, 0.3) is 0 Å². The Morgan fingerprint density at radius 2 is 2.06 bits per heavy atom. The van der Waals surface area contributed by atoms with Gasteiger partial charge in [0.05, 0.1) is 24.2 Å². The summed E-state index contributed by atoms with van der Waals surface area (Å²) >= 11 is 0. The first-order valence-electron chi connectivity index (χ1n) is 5.45. The average Bonchev–Trinajstić information content (AvgIpc) is 2.26. The van der Waals surface area contributed by atoms with Crippen LogP contribution in [0.1, 0.15) is 19.8 Å². The Balaban J connectivity index is 2.21. The van der Waals surface area contributed by atoms with Crippen molar-refractivity contribution in [1.29, 1.82) is 0 Å². The number of nitrogens with two attached hydrogens (primary N) is 2. The molecule has 0 amide bonds. The molecule has 0 spiro atoms. The van der Waals surface area contributed by atoms with Crippen molar-refractivity contribution >= 4 is 11.4 Å². The summed E-state index contributed by atoms with van der Waals surface area (Å²) in [6.07, 6.45) is 3.72. The lowest BCUT2D eigenvalue weighted by molar-refractivity contribution is 0.0968. The van der Waals surface area contributed by atoms with Gasteiger partial charge in [0.1, 0.15) is 6.61 Å². The number of nitrogens with zero attached hydrogens (tertiary/aromatic N) is 1. The molecular weight excluding hydrogens is 206 g/mol. The molecule has 0 fully saturated rings. The molecule has 0 aliphatic carbocycles. The Hall–Kier alpha value is -1.49. The SMILES string of the molecule is CCCCOCCOc1ncc(N)cc1N. The molecule has 4 N–H and O–H groups in total. The predicted molar refractivity (Wildman–Crippen MR) is 64.3 cm³/mol. The molecule has 0 bridgehead atoms. The van der Waals surface area contributed by atoms with Crippen molar-refractivity contribution in [2.45, 2.75) is 19.8 Å². The molecule has 1 heterocycles. The molecule has 5 heteroatoms. The van der Waals surface area contributed by atoms with E-state index in [-0.39, 0.29) is 0 Å². The average molecular weight is 225 g/mol. The Morgan fingerprint density at radius 1 is 1.25 bits per heavy atom. The van der Waals surface area contributed by atoms with Gasteiger partial charge in [-0.05, 0) is 12.5 Å². The Labute approximate surface area is 95.7 Å². The number of rotatable bonds is 7. The summed E-state index contributed by atoms with van der Waals surface area (Å²) in [5, 5.41) is 0. The second-order valence-corrected chi connectivity index (χ2v) is 3.48. The minimum absolute atomic E-state index is 0.410. The van der Waals surface area contributed by atoms with Crippen LogP contribution < -0.4 is 16.2 Å². The number of hydrogen-bond donors (Lipinski definition) is 2. The lowest BCUT2D eigenvalue weighted by Crippen LogP contribution is -2.09. The second kappa shape index (κ2) is 6.90. The van der Waals surface area contributed by atoms with E-state index in [2.05, 4.69) is 11.9 Å². The van der Waals surface area contributed by atoms with Gasteiger partial charge in [-0.1, -0.05) is 13.3 Å². The molecule has 1 aromatic rings. The monoisotopic (exact) mass is 225 g/mol. The van der Waals surface area contributed by atoms with Gasteiger partial charge >= 0.3 is 0 Å². The molecule has 0 radical (unpaired) electrons. The number of ether oxygens (including phenoxy) is 2. The molecule has 0 aliphatic heterocycles. The first-order valence-corrected chi connectivity index (χ1v) is 5.45. The molecular formula is C11H19N3O2. The van der Waals surface area contributed by atoms with Crippen molar-refractivity contribution in [3.05, 3.63) is 12.3 Å². The zero-order valence-corrected chi connectivity index (χ0v) is 9.61. The lowest BCUT2D eigenvalue weighted by Gasteiger charge is -2.08. The Morgan fingerprint density at radius 3 is 2.75 bits per heavy atom.